The molecule has 0 saturated heterocycles. The van der Waals surface area contributed by atoms with Gasteiger partial charge in [0.15, 0.2) is 5.70 Å². The van der Waals surface area contributed by atoms with Gasteiger partial charge in [-0.05, 0) is 6.08 Å². The fourth-order valence-corrected chi connectivity index (χ4v) is 0.698. The Morgan fingerprint density at radius 3 is 2.07 bits per heavy atom. The third kappa shape index (κ3) is 2.95. The molecular weight excluding hydrogens is 226 g/mol. The molecule has 82 valence electrons. The fourth-order valence-electron chi connectivity index (χ4n) is 0.698. The molecule has 0 aromatic rings. The lowest BCUT2D eigenvalue weighted by molar-refractivity contribution is -0.0959. The van der Waals surface area contributed by atoms with Crippen LogP contribution in [0.1, 0.15) is 0 Å². The number of nitrogens with zero attached hydrogens (tertiary/aromatic N) is 2. The summed E-state index contributed by atoms with van der Waals surface area (Å²) in [6, 6.07) is 1.49. The summed E-state index contributed by atoms with van der Waals surface area (Å²) in [7, 11) is 0. The molecule has 0 spiro atoms. The van der Waals surface area contributed by atoms with Gasteiger partial charge in [0, 0.05) is 0 Å². The first-order valence-electron chi connectivity index (χ1n) is 3.43. The van der Waals surface area contributed by atoms with E-state index >= 15 is 0 Å². The van der Waals surface area contributed by atoms with E-state index in [1.165, 1.54) is 6.01 Å². The summed E-state index contributed by atoms with van der Waals surface area (Å²) in [6.45, 7) is 0. The van der Waals surface area contributed by atoms with Crippen molar-refractivity contribution in [1.29, 1.82) is 0 Å². The van der Waals surface area contributed by atoms with Crippen LogP contribution in [0.2, 0.25) is 0 Å². The number of allylic oxidation sites excluding steroid dienone is 3. The molecule has 1 aliphatic rings. The van der Waals surface area contributed by atoms with Crippen LogP contribution in [0, 0.1) is 0 Å². The summed E-state index contributed by atoms with van der Waals surface area (Å²) < 4.78 is 72.4. The Labute approximate surface area is 79.3 Å². The van der Waals surface area contributed by atoms with Gasteiger partial charge in [-0.25, -0.2) is 0 Å². The second-order valence-electron chi connectivity index (χ2n) is 2.45. The van der Waals surface area contributed by atoms with E-state index in [4.69, 9.17) is 0 Å². The summed E-state index contributed by atoms with van der Waals surface area (Å²) in [6.07, 6.45) is -9.76. The molecule has 0 N–H and O–H groups in total. The van der Waals surface area contributed by atoms with Crippen LogP contribution >= 0.6 is 0 Å². The van der Waals surface area contributed by atoms with Gasteiger partial charge in [-0.15, -0.1) is 0 Å². The lowest BCUT2D eigenvalue weighted by atomic mass is 10.2. The van der Waals surface area contributed by atoms with Gasteiger partial charge in [0.1, 0.15) is 0 Å². The molecule has 0 saturated carbocycles. The first-order valence-corrected chi connectivity index (χ1v) is 3.43. The minimum absolute atomic E-state index is 0.122. The number of rotatable bonds is 0. The largest absolute Gasteiger partial charge is 0.434 e. The van der Waals surface area contributed by atoms with Crippen LogP contribution in [-0.2, 0) is 0 Å². The second kappa shape index (κ2) is 3.54. The summed E-state index contributed by atoms with van der Waals surface area (Å²) in [5, 5.41) is 0. The van der Waals surface area contributed by atoms with Crippen LogP contribution in [0.15, 0.2) is 33.5 Å². The number of alkyl halides is 6. The zero-order chi connectivity index (χ0) is 11.7. The second-order valence-corrected chi connectivity index (χ2v) is 2.45. The predicted octanol–water partition coefficient (Wildman–Crippen LogP) is 3.07. The molecule has 1 rings (SSSR count). The van der Waals surface area contributed by atoms with Crippen molar-refractivity contribution in [3.8, 4) is 0 Å². The maximum atomic E-state index is 12.1. The van der Waals surface area contributed by atoms with Crippen LogP contribution in [0.25, 0.3) is 0 Å². The quantitative estimate of drug-likeness (QED) is 0.569. The van der Waals surface area contributed by atoms with Crippen molar-refractivity contribution in [2.45, 2.75) is 12.4 Å². The maximum absolute atomic E-state index is 12.1. The molecular formula is C7H2F6N2. The highest BCUT2D eigenvalue weighted by Gasteiger charge is 2.39. The molecule has 0 aromatic heterocycles. The molecule has 0 aliphatic carbocycles. The highest BCUT2D eigenvalue weighted by Crippen LogP contribution is 2.33. The van der Waals surface area contributed by atoms with Crippen molar-refractivity contribution in [3.63, 3.8) is 0 Å². The Hall–Kier alpha value is -1.56. The third-order valence-electron chi connectivity index (χ3n) is 1.34. The van der Waals surface area contributed by atoms with Crippen LogP contribution in [0.5, 0.6) is 0 Å². The van der Waals surface area contributed by atoms with Gasteiger partial charge in [-0.3, -0.25) is 0 Å². The molecule has 0 amide bonds. The van der Waals surface area contributed by atoms with Crippen LogP contribution in [0.4, 0.5) is 26.3 Å². The van der Waals surface area contributed by atoms with Crippen molar-refractivity contribution in [1.82, 2.24) is 0 Å². The van der Waals surface area contributed by atoms with E-state index in [1.54, 1.807) is 0 Å². The molecule has 1 aliphatic heterocycles. The summed E-state index contributed by atoms with van der Waals surface area (Å²) in [5.74, 6) is 0. The number of hydrogen-bond donors (Lipinski definition) is 0. The zero-order valence-electron chi connectivity index (χ0n) is 6.82. The van der Waals surface area contributed by atoms with Gasteiger partial charge in [0.05, 0.1) is 17.8 Å². The monoisotopic (exact) mass is 228 g/mol. The predicted molar refractivity (Wildman–Crippen MR) is 38.1 cm³/mol. The zero-order valence-corrected chi connectivity index (χ0v) is 6.82. The summed E-state index contributed by atoms with van der Waals surface area (Å²) in [4.78, 5) is 5.46. The molecule has 0 atom stereocenters. The van der Waals surface area contributed by atoms with E-state index < -0.39 is 23.6 Å². The highest BCUT2D eigenvalue weighted by atomic mass is 19.4. The van der Waals surface area contributed by atoms with Crippen molar-refractivity contribution in [2.75, 3.05) is 0 Å². The Morgan fingerprint density at radius 1 is 1.00 bits per heavy atom. The first-order chi connectivity index (χ1) is 6.71. The molecule has 15 heavy (non-hydrogen) atoms. The fraction of sp³-hybridized carbons (Fsp3) is 0.286. The van der Waals surface area contributed by atoms with Crippen molar-refractivity contribution in [2.24, 2.45) is 9.98 Å². The maximum Gasteiger partial charge on any atom is 0.434 e. The normalized spacial score (nSPS) is 17.2. The molecule has 0 unspecified atom stereocenters. The Morgan fingerprint density at radius 2 is 1.60 bits per heavy atom. The average Bonchev–Trinajstić information content (AvgIpc) is 2.24. The van der Waals surface area contributed by atoms with E-state index in [0.29, 0.717) is 0 Å². The SMILES string of the molecule is FC(F)(F)C1=CN=C=NC(C(F)(F)F)=C1. The minimum Gasteiger partial charge on any atom is -0.195 e. The van der Waals surface area contributed by atoms with Gasteiger partial charge in [-0.1, -0.05) is 0 Å². The topological polar surface area (TPSA) is 24.7 Å². The van der Waals surface area contributed by atoms with E-state index in [0.717, 1.165) is 0 Å². The van der Waals surface area contributed by atoms with E-state index in [-0.39, 0.29) is 12.3 Å². The summed E-state index contributed by atoms with van der Waals surface area (Å²) in [5.41, 5.74) is -3.21. The van der Waals surface area contributed by atoms with Gasteiger partial charge in [0.2, 0.25) is 0 Å². The third-order valence-corrected chi connectivity index (χ3v) is 1.34. The van der Waals surface area contributed by atoms with Crippen molar-refractivity contribution < 1.29 is 26.3 Å². The highest BCUT2D eigenvalue weighted by molar-refractivity contribution is 5.49. The Bertz CT molecular complexity index is 377. The Kier molecular flexibility index (Phi) is 2.72. The number of hydrogen-bond acceptors (Lipinski definition) is 2. The molecule has 0 fully saturated rings. The van der Waals surface area contributed by atoms with Crippen LogP contribution in [-0.4, -0.2) is 18.4 Å². The lowest BCUT2D eigenvalue weighted by Gasteiger charge is -2.08. The lowest BCUT2D eigenvalue weighted by Crippen LogP contribution is -2.14. The minimum atomic E-state index is -4.96. The van der Waals surface area contributed by atoms with Crippen molar-refractivity contribution >= 4 is 6.01 Å². The molecule has 1 heterocycles. The molecule has 0 radical (unpaired) electrons. The van der Waals surface area contributed by atoms with Gasteiger partial charge >= 0.3 is 12.4 Å². The molecule has 0 bridgehead atoms. The van der Waals surface area contributed by atoms with Gasteiger partial charge in [-0.2, -0.15) is 36.3 Å². The molecule has 8 heteroatoms. The van der Waals surface area contributed by atoms with Gasteiger partial charge in [0.25, 0.3) is 0 Å². The molecule has 2 nitrogen and oxygen atoms in total. The van der Waals surface area contributed by atoms with E-state index in [9.17, 15) is 26.3 Å². The summed E-state index contributed by atoms with van der Waals surface area (Å²) >= 11 is 0. The number of aliphatic imine (C=N–C) groups is 2. The van der Waals surface area contributed by atoms with E-state index in [2.05, 4.69) is 9.98 Å². The van der Waals surface area contributed by atoms with E-state index in [1.807, 2.05) is 0 Å². The van der Waals surface area contributed by atoms with Gasteiger partial charge < -0.3 is 0 Å². The standard InChI is InChI=1S/C7H2F6N2/c8-6(9,10)4-1-5(7(11,12)13)15-3-14-2-4/h1-2H. The van der Waals surface area contributed by atoms with Crippen molar-refractivity contribution in [3.05, 3.63) is 23.5 Å². The van der Waals surface area contributed by atoms with Crippen LogP contribution < -0.4 is 0 Å². The number of halogens is 6. The molecule has 0 aromatic carbocycles. The van der Waals surface area contributed by atoms with Crippen LogP contribution in [0.3, 0.4) is 0 Å². The smallest absolute Gasteiger partial charge is 0.195 e. The Balaban J connectivity index is 3.17. The average molecular weight is 228 g/mol. The first kappa shape index (κ1) is 11.5.